The fourth-order valence-electron chi connectivity index (χ4n) is 2.80. The maximum absolute atomic E-state index is 11.9. The molecule has 0 bridgehead atoms. The van der Waals surface area contributed by atoms with Gasteiger partial charge >= 0.3 is 5.63 Å². The van der Waals surface area contributed by atoms with Gasteiger partial charge in [-0.15, -0.1) is 0 Å². The number of hydrogen-bond donors (Lipinski definition) is 2. The van der Waals surface area contributed by atoms with E-state index in [1.807, 2.05) is 12.1 Å². The summed E-state index contributed by atoms with van der Waals surface area (Å²) in [7, 11) is 0. The van der Waals surface area contributed by atoms with Crippen molar-refractivity contribution in [2.24, 2.45) is 0 Å². The zero-order valence-corrected chi connectivity index (χ0v) is 15.9. The van der Waals surface area contributed by atoms with E-state index >= 15 is 0 Å². The van der Waals surface area contributed by atoms with E-state index in [-0.39, 0.29) is 23.0 Å². The standard InChI is InChI=1S/C19H13NO5S2/c1-8-15(21)9(2)18(23)25-16(8)13-7-11-5-10(3-4-12(11)24-13)6-14-17(22)20-19(26)27-14/h3-7,21H,1-2H3,(H,20,22,26)/b14-6-. The molecule has 0 atom stereocenters. The Balaban J connectivity index is 1.79. The van der Waals surface area contributed by atoms with Gasteiger partial charge in [-0.25, -0.2) is 4.79 Å². The highest BCUT2D eigenvalue weighted by atomic mass is 32.2. The second-order valence-corrected chi connectivity index (χ2v) is 7.80. The number of hydrogen-bond acceptors (Lipinski definition) is 7. The van der Waals surface area contributed by atoms with E-state index in [9.17, 15) is 14.7 Å². The largest absolute Gasteiger partial charge is 0.507 e. The molecule has 0 unspecified atom stereocenters. The average Bonchev–Trinajstić information content (AvgIpc) is 3.18. The molecule has 3 heterocycles. The van der Waals surface area contributed by atoms with Crippen LogP contribution in [0.1, 0.15) is 16.7 Å². The maximum Gasteiger partial charge on any atom is 0.343 e. The van der Waals surface area contributed by atoms with Crippen LogP contribution in [0, 0.1) is 13.8 Å². The second-order valence-electron chi connectivity index (χ2n) is 6.08. The molecule has 2 N–H and O–H groups in total. The Bertz CT molecular complexity index is 1220. The minimum atomic E-state index is -0.612. The van der Waals surface area contributed by atoms with E-state index in [4.69, 9.17) is 21.1 Å². The van der Waals surface area contributed by atoms with Crippen LogP contribution >= 0.6 is 24.0 Å². The van der Waals surface area contributed by atoms with Crippen LogP contribution in [-0.4, -0.2) is 15.3 Å². The quantitative estimate of drug-likeness (QED) is 0.499. The number of carbonyl (C=O) groups excluding carboxylic acids is 1. The van der Waals surface area contributed by atoms with Crippen molar-refractivity contribution < 1.29 is 18.7 Å². The molecule has 1 aliphatic rings. The van der Waals surface area contributed by atoms with Gasteiger partial charge in [-0.1, -0.05) is 30.0 Å². The van der Waals surface area contributed by atoms with Gasteiger partial charge in [0.05, 0.1) is 10.5 Å². The van der Waals surface area contributed by atoms with E-state index < -0.39 is 5.63 Å². The van der Waals surface area contributed by atoms with E-state index in [0.29, 0.717) is 26.1 Å². The molecule has 1 fully saturated rings. The second kappa shape index (κ2) is 6.40. The summed E-state index contributed by atoms with van der Waals surface area (Å²) < 4.78 is 11.5. The lowest BCUT2D eigenvalue weighted by atomic mass is 10.1. The van der Waals surface area contributed by atoms with E-state index in [1.165, 1.54) is 18.7 Å². The van der Waals surface area contributed by atoms with Crippen LogP contribution in [0.15, 0.2) is 42.8 Å². The molecule has 1 aromatic carbocycles. The number of furan rings is 1. The van der Waals surface area contributed by atoms with E-state index in [0.717, 1.165) is 10.9 Å². The number of aromatic hydroxyl groups is 1. The van der Waals surface area contributed by atoms with Crippen molar-refractivity contribution in [3.63, 3.8) is 0 Å². The molecule has 3 aromatic rings. The monoisotopic (exact) mass is 399 g/mol. The lowest BCUT2D eigenvalue weighted by molar-refractivity contribution is -0.115. The summed E-state index contributed by atoms with van der Waals surface area (Å²) in [6, 6.07) is 7.16. The highest BCUT2D eigenvalue weighted by molar-refractivity contribution is 8.26. The fraction of sp³-hybridized carbons (Fsp3) is 0.105. The molecule has 1 aliphatic heterocycles. The normalized spacial score (nSPS) is 15.7. The van der Waals surface area contributed by atoms with Crippen molar-refractivity contribution in [3.8, 4) is 17.3 Å². The molecule has 0 radical (unpaired) electrons. The SMILES string of the molecule is Cc1c(-c2cc3cc(/C=C4\SC(=S)NC4=O)ccc3o2)oc(=O)c(C)c1O. The molecular weight excluding hydrogens is 386 g/mol. The number of fused-ring (bicyclic) bond motifs is 1. The van der Waals surface area contributed by atoms with Gasteiger partial charge in [0.1, 0.15) is 15.7 Å². The van der Waals surface area contributed by atoms with Gasteiger partial charge < -0.3 is 19.3 Å². The zero-order valence-electron chi connectivity index (χ0n) is 14.3. The summed E-state index contributed by atoms with van der Waals surface area (Å²) in [5.41, 5.74) is 1.38. The Morgan fingerprint density at radius 3 is 2.63 bits per heavy atom. The molecule has 8 heteroatoms. The lowest BCUT2D eigenvalue weighted by Gasteiger charge is -2.05. The summed E-state index contributed by atoms with van der Waals surface area (Å²) in [6.45, 7) is 3.15. The summed E-state index contributed by atoms with van der Waals surface area (Å²) in [6.07, 6.45) is 1.74. The first-order valence-corrected chi connectivity index (χ1v) is 9.18. The molecule has 1 saturated heterocycles. The molecule has 1 amide bonds. The molecular formula is C19H13NO5S2. The molecule has 6 nitrogen and oxygen atoms in total. The first kappa shape index (κ1) is 17.6. The highest BCUT2D eigenvalue weighted by Gasteiger charge is 2.22. The fourth-order valence-corrected chi connectivity index (χ4v) is 3.85. The highest BCUT2D eigenvalue weighted by Crippen LogP contribution is 2.34. The molecule has 0 spiro atoms. The summed E-state index contributed by atoms with van der Waals surface area (Å²) in [5.74, 6) is 0.210. The van der Waals surface area contributed by atoms with Gasteiger partial charge in [-0.3, -0.25) is 4.79 Å². The summed E-state index contributed by atoms with van der Waals surface area (Å²) >= 11 is 6.20. The van der Waals surface area contributed by atoms with Crippen LogP contribution in [0.5, 0.6) is 5.75 Å². The molecule has 27 heavy (non-hydrogen) atoms. The van der Waals surface area contributed by atoms with Crippen molar-refractivity contribution in [3.05, 3.63) is 56.3 Å². The van der Waals surface area contributed by atoms with Crippen LogP contribution in [0.25, 0.3) is 28.6 Å². The van der Waals surface area contributed by atoms with Crippen LogP contribution < -0.4 is 10.9 Å². The van der Waals surface area contributed by atoms with E-state index in [1.54, 1.807) is 25.1 Å². The minimum absolute atomic E-state index is 0.104. The topological polar surface area (TPSA) is 92.7 Å². The van der Waals surface area contributed by atoms with Gasteiger partial charge in [0.2, 0.25) is 0 Å². The number of thioether (sulfide) groups is 1. The van der Waals surface area contributed by atoms with Crippen molar-refractivity contribution >= 4 is 51.3 Å². The van der Waals surface area contributed by atoms with Crippen LogP contribution in [0.3, 0.4) is 0 Å². The zero-order chi connectivity index (χ0) is 19.3. The Hall–Kier alpha value is -2.84. The molecule has 4 rings (SSSR count). The van der Waals surface area contributed by atoms with Gasteiger partial charge in [-0.2, -0.15) is 0 Å². The molecule has 2 aromatic heterocycles. The number of amides is 1. The molecule has 0 saturated carbocycles. The van der Waals surface area contributed by atoms with Crippen LogP contribution in [0.4, 0.5) is 0 Å². The number of rotatable bonds is 2. The van der Waals surface area contributed by atoms with Crippen molar-refractivity contribution in [1.29, 1.82) is 0 Å². The summed E-state index contributed by atoms with van der Waals surface area (Å²) in [5, 5.41) is 13.4. The Labute approximate surface area is 162 Å². The number of carbonyl (C=O) groups is 1. The maximum atomic E-state index is 11.9. The van der Waals surface area contributed by atoms with Gasteiger partial charge in [0.25, 0.3) is 5.91 Å². The predicted octanol–water partition coefficient (Wildman–Crippen LogP) is 3.86. The smallest absolute Gasteiger partial charge is 0.343 e. The van der Waals surface area contributed by atoms with E-state index in [2.05, 4.69) is 5.32 Å². The summed E-state index contributed by atoms with van der Waals surface area (Å²) in [4.78, 5) is 24.2. The number of benzene rings is 1. The average molecular weight is 399 g/mol. The van der Waals surface area contributed by atoms with Gasteiger partial charge in [0.15, 0.2) is 11.5 Å². The van der Waals surface area contributed by atoms with Crippen molar-refractivity contribution in [2.75, 3.05) is 0 Å². The van der Waals surface area contributed by atoms with Crippen LogP contribution in [0.2, 0.25) is 0 Å². The third-order valence-corrected chi connectivity index (χ3v) is 5.42. The Kier molecular flexibility index (Phi) is 4.16. The van der Waals surface area contributed by atoms with Crippen molar-refractivity contribution in [2.45, 2.75) is 13.8 Å². The predicted molar refractivity (Wildman–Crippen MR) is 108 cm³/mol. The van der Waals surface area contributed by atoms with Gasteiger partial charge in [-0.05, 0) is 43.7 Å². The Morgan fingerprint density at radius 1 is 1.15 bits per heavy atom. The van der Waals surface area contributed by atoms with Crippen LogP contribution in [-0.2, 0) is 4.79 Å². The first-order chi connectivity index (χ1) is 12.8. The molecule has 0 aliphatic carbocycles. The lowest BCUT2D eigenvalue weighted by Crippen LogP contribution is -2.17. The number of nitrogens with one attached hydrogen (secondary N) is 1. The third-order valence-electron chi connectivity index (χ3n) is 4.26. The van der Waals surface area contributed by atoms with Crippen molar-refractivity contribution in [1.82, 2.24) is 5.32 Å². The first-order valence-electron chi connectivity index (χ1n) is 7.95. The Morgan fingerprint density at radius 2 is 1.93 bits per heavy atom. The minimum Gasteiger partial charge on any atom is -0.507 e. The third kappa shape index (κ3) is 3.07. The van der Waals surface area contributed by atoms with Gasteiger partial charge in [0, 0.05) is 10.9 Å². The molecule has 136 valence electrons. The number of thiocarbonyl (C=S) groups is 1.